The predicted molar refractivity (Wildman–Crippen MR) is 98.9 cm³/mol. The van der Waals surface area contributed by atoms with Crippen LogP contribution in [0.25, 0.3) is 0 Å². The zero-order valence-electron chi connectivity index (χ0n) is 15.9. The van der Waals surface area contributed by atoms with Gasteiger partial charge in [-0.25, -0.2) is 4.79 Å². The Kier molecular flexibility index (Phi) is 6.99. The summed E-state index contributed by atoms with van der Waals surface area (Å²) in [6.45, 7) is 4.04. The first-order valence-electron chi connectivity index (χ1n) is 8.88. The van der Waals surface area contributed by atoms with E-state index in [1.807, 2.05) is 44.2 Å². The first kappa shape index (κ1) is 20.2. The minimum Gasteiger partial charge on any atom is -0.394 e. The number of rotatable bonds is 7. The number of nitrogens with one attached hydrogen (secondary N) is 1. The zero-order chi connectivity index (χ0) is 19.3. The van der Waals surface area contributed by atoms with E-state index >= 15 is 0 Å². The Balaban J connectivity index is 2.25. The molecule has 1 aromatic rings. The Morgan fingerprint density at radius 2 is 1.92 bits per heavy atom. The van der Waals surface area contributed by atoms with Gasteiger partial charge in [-0.15, -0.1) is 0 Å². The standard InChI is InChI=1S/C19H29N3O4/c1-13(2)20-19(25)22-15(10-21(3)17(24)12-26-4)18(16(22)11-23)14-8-6-5-7-9-14/h5-9,13,15-16,18,23H,10-12H2,1-4H3,(H,20,25)/t15-,16+,18-/m1/s1. The first-order chi connectivity index (χ1) is 12.4. The van der Waals surface area contributed by atoms with Crippen LogP contribution in [-0.2, 0) is 9.53 Å². The third-order valence-electron chi connectivity index (χ3n) is 4.72. The number of methoxy groups -OCH3 is 1. The van der Waals surface area contributed by atoms with Crippen LogP contribution < -0.4 is 5.32 Å². The van der Waals surface area contributed by atoms with Crippen LogP contribution in [0.3, 0.4) is 0 Å². The normalized spacial score (nSPS) is 22.1. The summed E-state index contributed by atoms with van der Waals surface area (Å²) in [6.07, 6.45) is 0. The number of ether oxygens (including phenoxy) is 1. The first-order valence-corrected chi connectivity index (χ1v) is 8.88. The average Bonchev–Trinajstić information content (AvgIpc) is 2.58. The summed E-state index contributed by atoms with van der Waals surface area (Å²) in [6, 6.07) is 9.06. The summed E-state index contributed by atoms with van der Waals surface area (Å²) in [4.78, 5) is 28.0. The molecule has 0 spiro atoms. The molecule has 2 rings (SSSR count). The van der Waals surface area contributed by atoms with E-state index in [-0.39, 0.29) is 49.2 Å². The second-order valence-electron chi connectivity index (χ2n) is 6.97. The highest BCUT2D eigenvalue weighted by Gasteiger charge is 2.51. The highest BCUT2D eigenvalue weighted by atomic mass is 16.5. The van der Waals surface area contributed by atoms with Gasteiger partial charge in [-0.3, -0.25) is 4.79 Å². The monoisotopic (exact) mass is 363 g/mol. The molecule has 7 heteroatoms. The fourth-order valence-electron chi connectivity index (χ4n) is 3.51. The summed E-state index contributed by atoms with van der Waals surface area (Å²) in [7, 11) is 3.18. The molecule has 0 aromatic heterocycles. The lowest BCUT2D eigenvalue weighted by Crippen LogP contribution is -2.70. The number of nitrogens with zero attached hydrogens (tertiary/aromatic N) is 2. The van der Waals surface area contributed by atoms with Gasteiger partial charge in [-0.2, -0.15) is 0 Å². The Morgan fingerprint density at radius 1 is 1.27 bits per heavy atom. The van der Waals surface area contributed by atoms with Crippen molar-refractivity contribution < 1.29 is 19.4 Å². The minimum atomic E-state index is -0.313. The van der Waals surface area contributed by atoms with Gasteiger partial charge in [-0.05, 0) is 19.4 Å². The van der Waals surface area contributed by atoms with Crippen molar-refractivity contribution in [2.75, 3.05) is 33.9 Å². The van der Waals surface area contributed by atoms with E-state index in [2.05, 4.69) is 5.32 Å². The number of likely N-dealkylation sites (N-methyl/N-ethyl adjacent to an activating group) is 1. The van der Waals surface area contributed by atoms with E-state index in [9.17, 15) is 14.7 Å². The van der Waals surface area contributed by atoms with Crippen LogP contribution in [0.15, 0.2) is 30.3 Å². The fraction of sp³-hybridized carbons (Fsp3) is 0.579. The quantitative estimate of drug-likeness (QED) is 0.758. The molecule has 1 aromatic carbocycles. The van der Waals surface area contributed by atoms with Crippen LogP contribution in [0.2, 0.25) is 0 Å². The van der Waals surface area contributed by atoms with Crippen LogP contribution in [0, 0.1) is 0 Å². The van der Waals surface area contributed by atoms with Crippen molar-refractivity contribution in [3.63, 3.8) is 0 Å². The number of urea groups is 1. The summed E-state index contributed by atoms with van der Waals surface area (Å²) >= 11 is 0. The molecule has 1 aliphatic rings. The number of likely N-dealkylation sites (tertiary alicyclic amines) is 1. The highest BCUT2D eigenvalue weighted by molar-refractivity contribution is 5.79. The largest absolute Gasteiger partial charge is 0.394 e. The van der Waals surface area contributed by atoms with E-state index in [4.69, 9.17) is 4.74 Å². The van der Waals surface area contributed by atoms with Gasteiger partial charge in [-0.1, -0.05) is 30.3 Å². The summed E-state index contributed by atoms with van der Waals surface area (Å²) in [5.74, 6) is -0.173. The van der Waals surface area contributed by atoms with E-state index in [0.717, 1.165) is 5.56 Å². The molecule has 2 N–H and O–H groups in total. The molecule has 0 saturated carbocycles. The van der Waals surface area contributed by atoms with Crippen molar-refractivity contribution >= 4 is 11.9 Å². The lowest BCUT2D eigenvalue weighted by Gasteiger charge is -2.55. The Bertz CT molecular complexity index is 608. The van der Waals surface area contributed by atoms with Gasteiger partial charge in [0.05, 0.1) is 18.7 Å². The van der Waals surface area contributed by atoms with Gasteiger partial charge in [0.2, 0.25) is 5.91 Å². The Hall–Kier alpha value is -2.12. The van der Waals surface area contributed by atoms with E-state index in [1.165, 1.54) is 7.11 Å². The number of benzene rings is 1. The second-order valence-corrected chi connectivity index (χ2v) is 6.97. The molecule has 0 bridgehead atoms. The molecule has 1 saturated heterocycles. The number of carbonyl (C=O) groups is 2. The molecule has 1 heterocycles. The number of amides is 3. The number of hydrogen-bond donors (Lipinski definition) is 2. The third kappa shape index (κ3) is 4.34. The fourth-order valence-corrected chi connectivity index (χ4v) is 3.51. The lowest BCUT2D eigenvalue weighted by atomic mass is 9.75. The predicted octanol–water partition coefficient (Wildman–Crippen LogP) is 1.04. The average molecular weight is 363 g/mol. The molecule has 3 amide bonds. The highest BCUT2D eigenvalue weighted by Crippen LogP contribution is 2.41. The van der Waals surface area contributed by atoms with E-state index < -0.39 is 0 Å². The Morgan fingerprint density at radius 3 is 2.46 bits per heavy atom. The van der Waals surface area contributed by atoms with Crippen molar-refractivity contribution in [3.8, 4) is 0 Å². The maximum absolute atomic E-state index is 12.6. The topological polar surface area (TPSA) is 82.1 Å². The summed E-state index contributed by atoms with van der Waals surface area (Å²) < 4.78 is 4.91. The van der Waals surface area contributed by atoms with Gasteiger partial charge in [0.25, 0.3) is 0 Å². The summed E-state index contributed by atoms with van der Waals surface area (Å²) in [5, 5.41) is 12.8. The van der Waals surface area contributed by atoms with Crippen LogP contribution in [-0.4, -0.2) is 78.9 Å². The molecule has 0 aliphatic carbocycles. The van der Waals surface area contributed by atoms with Gasteiger partial charge in [0.1, 0.15) is 6.61 Å². The molecule has 144 valence electrons. The molecule has 0 radical (unpaired) electrons. The van der Waals surface area contributed by atoms with Crippen molar-refractivity contribution in [2.45, 2.75) is 37.9 Å². The minimum absolute atomic E-state index is 0.000836. The molecule has 7 nitrogen and oxygen atoms in total. The number of hydrogen-bond acceptors (Lipinski definition) is 4. The lowest BCUT2D eigenvalue weighted by molar-refractivity contribution is -0.136. The SMILES string of the molecule is COCC(=O)N(C)C[C@@H]1[C@@H](c2ccccc2)[C@H](CO)N1C(=O)NC(C)C. The Labute approximate surface area is 154 Å². The number of aliphatic hydroxyl groups is 1. The second kappa shape index (κ2) is 9.00. The van der Waals surface area contributed by atoms with E-state index in [0.29, 0.717) is 6.54 Å². The maximum atomic E-state index is 12.6. The molecule has 3 atom stereocenters. The van der Waals surface area contributed by atoms with Crippen molar-refractivity contribution in [1.82, 2.24) is 15.1 Å². The molecule has 0 unspecified atom stereocenters. The summed E-state index contributed by atoms with van der Waals surface area (Å²) in [5.41, 5.74) is 1.05. The zero-order valence-corrected chi connectivity index (χ0v) is 15.9. The molecular weight excluding hydrogens is 334 g/mol. The number of carbonyl (C=O) groups excluding carboxylic acids is 2. The molecule has 1 fully saturated rings. The van der Waals surface area contributed by atoms with Gasteiger partial charge in [0.15, 0.2) is 0 Å². The van der Waals surface area contributed by atoms with Gasteiger partial charge < -0.3 is 25.0 Å². The van der Waals surface area contributed by atoms with Crippen molar-refractivity contribution in [3.05, 3.63) is 35.9 Å². The third-order valence-corrected chi connectivity index (χ3v) is 4.72. The molecule has 26 heavy (non-hydrogen) atoms. The van der Waals surface area contributed by atoms with Gasteiger partial charge >= 0.3 is 6.03 Å². The molecular formula is C19H29N3O4. The van der Waals surface area contributed by atoms with Crippen LogP contribution in [0.4, 0.5) is 4.79 Å². The van der Waals surface area contributed by atoms with E-state index in [1.54, 1.807) is 16.8 Å². The number of aliphatic hydroxyl groups excluding tert-OH is 1. The van der Waals surface area contributed by atoms with Crippen LogP contribution in [0.5, 0.6) is 0 Å². The van der Waals surface area contributed by atoms with Crippen molar-refractivity contribution in [1.29, 1.82) is 0 Å². The van der Waals surface area contributed by atoms with Crippen molar-refractivity contribution in [2.24, 2.45) is 0 Å². The smallest absolute Gasteiger partial charge is 0.318 e. The molecule has 1 aliphatic heterocycles. The van der Waals surface area contributed by atoms with Crippen LogP contribution >= 0.6 is 0 Å². The maximum Gasteiger partial charge on any atom is 0.318 e. The van der Waals surface area contributed by atoms with Crippen LogP contribution in [0.1, 0.15) is 25.3 Å². The van der Waals surface area contributed by atoms with Gasteiger partial charge in [0, 0.05) is 32.7 Å².